The summed E-state index contributed by atoms with van der Waals surface area (Å²) in [5.74, 6) is -3.27. The summed E-state index contributed by atoms with van der Waals surface area (Å²) in [6.07, 6.45) is -3.47. The van der Waals surface area contributed by atoms with Crippen molar-refractivity contribution >= 4 is 56.7 Å². The first-order chi connectivity index (χ1) is 17.3. The third-order valence-corrected chi connectivity index (χ3v) is 5.47. The number of rotatable bonds is 7. The van der Waals surface area contributed by atoms with Crippen LogP contribution in [0, 0.1) is 0 Å². The van der Waals surface area contributed by atoms with Crippen LogP contribution in [0.2, 0.25) is 0 Å². The summed E-state index contributed by atoms with van der Waals surface area (Å²) in [6.45, 7) is 2.21. The van der Waals surface area contributed by atoms with Gasteiger partial charge in [0.2, 0.25) is 12.2 Å². The maximum atomic E-state index is 13.3. The van der Waals surface area contributed by atoms with E-state index in [1.165, 1.54) is 0 Å². The van der Waals surface area contributed by atoms with Gasteiger partial charge in [-0.25, -0.2) is 0 Å². The number of benzene rings is 4. The van der Waals surface area contributed by atoms with Gasteiger partial charge in [-0.15, -0.1) is 0 Å². The maximum absolute atomic E-state index is 13.3. The third kappa shape index (κ3) is 5.50. The van der Waals surface area contributed by atoms with Gasteiger partial charge in [0.1, 0.15) is 0 Å². The van der Waals surface area contributed by atoms with E-state index in [9.17, 15) is 19.2 Å². The van der Waals surface area contributed by atoms with Crippen molar-refractivity contribution in [3.63, 3.8) is 0 Å². The zero-order valence-corrected chi connectivity index (χ0v) is 19.7. The second-order valence-electron chi connectivity index (χ2n) is 8.09. The Labute approximate surface area is 207 Å². The van der Waals surface area contributed by atoms with Gasteiger partial charge in [0, 0.05) is 36.0 Å². The van der Waals surface area contributed by atoms with Gasteiger partial charge < -0.3 is 20.1 Å². The first kappa shape index (κ1) is 24.4. The lowest BCUT2D eigenvalue weighted by Crippen LogP contribution is -2.49. The highest BCUT2D eigenvalue weighted by atomic mass is 16.6. The van der Waals surface area contributed by atoms with E-state index in [0.717, 1.165) is 35.4 Å². The minimum atomic E-state index is -1.74. The van der Waals surface area contributed by atoms with Crippen molar-refractivity contribution < 1.29 is 28.7 Å². The predicted octanol–water partition coefficient (Wildman–Crippen LogP) is 4.43. The first-order valence-electron chi connectivity index (χ1n) is 11.2. The van der Waals surface area contributed by atoms with Gasteiger partial charge in [0.25, 0.3) is 11.8 Å². The summed E-state index contributed by atoms with van der Waals surface area (Å²) in [5.41, 5.74) is 0.901. The quantitative estimate of drug-likeness (QED) is 0.376. The monoisotopic (exact) mass is 484 g/mol. The van der Waals surface area contributed by atoms with Crippen molar-refractivity contribution in [3.05, 3.63) is 84.9 Å². The van der Waals surface area contributed by atoms with Crippen LogP contribution in [0.25, 0.3) is 21.5 Å². The number of esters is 2. The molecule has 4 rings (SSSR count). The maximum Gasteiger partial charge on any atom is 0.303 e. The highest BCUT2D eigenvalue weighted by Gasteiger charge is 2.39. The Morgan fingerprint density at radius 3 is 1.31 bits per heavy atom. The number of fused-ring (bicyclic) bond motifs is 2. The fraction of sp³-hybridized carbons (Fsp3) is 0.143. The summed E-state index contributed by atoms with van der Waals surface area (Å²) in [6, 6.07) is 25.4. The Kier molecular flexibility index (Phi) is 7.25. The number of carbonyl (C=O) groups excluding carboxylic acids is 4. The van der Waals surface area contributed by atoms with E-state index in [1.54, 1.807) is 24.3 Å². The molecule has 2 N–H and O–H groups in total. The number of hydrogen-bond acceptors (Lipinski definition) is 6. The van der Waals surface area contributed by atoms with E-state index in [0.29, 0.717) is 11.4 Å². The molecule has 2 amide bonds. The van der Waals surface area contributed by atoms with E-state index in [2.05, 4.69) is 10.6 Å². The number of nitrogens with one attached hydrogen (secondary N) is 2. The minimum Gasteiger partial charge on any atom is -0.448 e. The van der Waals surface area contributed by atoms with E-state index < -0.39 is 36.0 Å². The molecule has 2 unspecified atom stereocenters. The van der Waals surface area contributed by atoms with Crippen LogP contribution < -0.4 is 10.6 Å². The SMILES string of the molecule is CC(=O)OC(C(=O)Nc1cccc2ccccc12)C(OC(C)=O)C(=O)Nc1cccc2ccccc12. The van der Waals surface area contributed by atoms with Crippen LogP contribution in [0.5, 0.6) is 0 Å². The molecule has 0 bridgehead atoms. The lowest BCUT2D eigenvalue weighted by atomic mass is 10.1. The molecule has 0 saturated carbocycles. The van der Waals surface area contributed by atoms with E-state index in [-0.39, 0.29) is 0 Å². The molecule has 2 atom stereocenters. The molecule has 0 fully saturated rings. The van der Waals surface area contributed by atoms with Crippen LogP contribution >= 0.6 is 0 Å². The van der Waals surface area contributed by atoms with Gasteiger partial charge in [-0.1, -0.05) is 72.8 Å². The fourth-order valence-electron chi connectivity index (χ4n) is 3.94. The van der Waals surface area contributed by atoms with Crippen LogP contribution in [0.15, 0.2) is 84.9 Å². The summed E-state index contributed by atoms with van der Waals surface area (Å²) < 4.78 is 10.4. The van der Waals surface area contributed by atoms with Crippen molar-refractivity contribution in [1.82, 2.24) is 0 Å². The molecule has 182 valence electrons. The van der Waals surface area contributed by atoms with Crippen molar-refractivity contribution in [2.75, 3.05) is 10.6 Å². The molecule has 0 aromatic heterocycles. The number of hydrogen-bond donors (Lipinski definition) is 2. The highest BCUT2D eigenvalue weighted by molar-refractivity contribution is 6.09. The normalized spacial score (nSPS) is 12.4. The summed E-state index contributed by atoms with van der Waals surface area (Å²) in [4.78, 5) is 50.4. The molecule has 0 aliphatic rings. The van der Waals surface area contributed by atoms with Crippen LogP contribution in [0.3, 0.4) is 0 Å². The van der Waals surface area contributed by atoms with Crippen molar-refractivity contribution in [1.29, 1.82) is 0 Å². The number of amides is 2. The van der Waals surface area contributed by atoms with Gasteiger partial charge in [-0.3, -0.25) is 19.2 Å². The van der Waals surface area contributed by atoms with Gasteiger partial charge in [-0.05, 0) is 22.9 Å². The zero-order valence-electron chi connectivity index (χ0n) is 19.7. The van der Waals surface area contributed by atoms with Crippen molar-refractivity contribution in [3.8, 4) is 0 Å². The number of ether oxygens (including phenoxy) is 2. The Hall–Kier alpha value is -4.72. The zero-order chi connectivity index (χ0) is 25.7. The lowest BCUT2D eigenvalue weighted by Gasteiger charge is -2.25. The standard InChI is InChI=1S/C28H24N2O6/c1-17(31)35-25(27(33)29-23-15-7-11-19-9-3-5-13-21(19)23)26(36-18(2)32)28(34)30-24-16-8-12-20-10-4-6-14-22(20)24/h3-16,25-26H,1-2H3,(H,29,33)(H,30,34). The largest absolute Gasteiger partial charge is 0.448 e. The number of anilines is 2. The smallest absolute Gasteiger partial charge is 0.303 e. The molecule has 4 aromatic carbocycles. The fourth-order valence-corrected chi connectivity index (χ4v) is 3.94. The molecule has 0 saturated heterocycles. The Morgan fingerprint density at radius 2 is 0.917 bits per heavy atom. The Balaban J connectivity index is 1.66. The van der Waals surface area contributed by atoms with Crippen molar-refractivity contribution in [2.45, 2.75) is 26.1 Å². The van der Waals surface area contributed by atoms with Crippen LogP contribution in [0.1, 0.15) is 13.8 Å². The summed E-state index contributed by atoms with van der Waals surface area (Å²) in [5, 5.41) is 8.67. The molecule has 8 nitrogen and oxygen atoms in total. The predicted molar refractivity (Wildman–Crippen MR) is 136 cm³/mol. The van der Waals surface area contributed by atoms with Gasteiger partial charge in [0.05, 0.1) is 0 Å². The Bertz CT molecular complexity index is 1340. The third-order valence-electron chi connectivity index (χ3n) is 5.47. The van der Waals surface area contributed by atoms with Crippen LogP contribution in [-0.2, 0) is 28.7 Å². The summed E-state index contributed by atoms with van der Waals surface area (Å²) in [7, 11) is 0. The molecule has 0 heterocycles. The lowest BCUT2D eigenvalue weighted by molar-refractivity contribution is -0.171. The highest BCUT2D eigenvalue weighted by Crippen LogP contribution is 2.25. The summed E-state index contributed by atoms with van der Waals surface area (Å²) >= 11 is 0. The van der Waals surface area contributed by atoms with E-state index in [4.69, 9.17) is 9.47 Å². The number of carbonyl (C=O) groups is 4. The van der Waals surface area contributed by atoms with Crippen molar-refractivity contribution in [2.24, 2.45) is 0 Å². The van der Waals surface area contributed by atoms with Crippen LogP contribution in [-0.4, -0.2) is 36.0 Å². The van der Waals surface area contributed by atoms with Gasteiger partial charge >= 0.3 is 11.9 Å². The van der Waals surface area contributed by atoms with E-state index >= 15 is 0 Å². The Morgan fingerprint density at radius 1 is 0.556 bits per heavy atom. The topological polar surface area (TPSA) is 111 Å². The average molecular weight is 485 g/mol. The molecule has 0 spiro atoms. The average Bonchev–Trinajstić information content (AvgIpc) is 2.86. The molecular weight excluding hydrogens is 460 g/mol. The van der Waals surface area contributed by atoms with E-state index in [1.807, 2.05) is 60.7 Å². The minimum absolute atomic E-state index is 0.450. The van der Waals surface area contributed by atoms with Crippen LogP contribution in [0.4, 0.5) is 11.4 Å². The molecular formula is C28H24N2O6. The first-order valence-corrected chi connectivity index (χ1v) is 11.2. The molecule has 0 aliphatic heterocycles. The molecule has 4 aromatic rings. The molecule has 8 heteroatoms. The molecule has 0 radical (unpaired) electrons. The second kappa shape index (κ2) is 10.7. The molecule has 36 heavy (non-hydrogen) atoms. The van der Waals surface area contributed by atoms with Gasteiger partial charge in [0.15, 0.2) is 0 Å². The van der Waals surface area contributed by atoms with Gasteiger partial charge in [-0.2, -0.15) is 0 Å². The second-order valence-corrected chi connectivity index (χ2v) is 8.09. The molecule has 0 aliphatic carbocycles.